The van der Waals surface area contributed by atoms with Crippen LogP contribution in [0.3, 0.4) is 0 Å². The second-order valence-electron chi connectivity index (χ2n) is 7.24. The maximum Gasteiger partial charge on any atom is 0.254 e. The van der Waals surface area contributed by atoms with Gasteiger partial charge in [0, 0.05) is 42.0 Å². The van der Waals surface area contributed by atoms with Crippen LogP contribution < -0.4 is 5.56 Å². The highest BCUT2D eigenvalue weighted by atomic mass is 16.2. The molecule has 7 heteroatoms. The number of aromatic amines is 2. The van der Waals surface area contributed by atoms with Gasteiger partial charge in [0.05, 0.1) is 12.6 Å². The summed E-state index contributed by atoms with van der Waals surface area (Å²) in [6.07, 6.45) is 5.34. The van der Waals surface area contributed by atoms with Crippen molar-refractivity contribution >= 4 is 5.91 Å². The SMILES string of the molecule is Cc1ncc(CC(=O)N2CCC[C@@H](c3[nH]ncc3-c3ccccc3)C2)c(=O)[nH]1. The van der Waals surface area contributed by atoms with E-state index in [1.807, 2.05) is 29.3 Å². The summed E-state index contributed by atoms with van der Waals surface area (Å²) in [5.41, 5.74) is 3.43. The van der Waals surface area contributed by atoms with Gasteiger partial charge in [-0.25, -0.2) is 4.98 Å². The first-order valence-corrected chi connectivity index (χ1v) is 9.53. The third-order valence-corrected chi connectivity index (χ3v) is 5.28. The highest BCUT2D eigenvalue weighted by Gasteiger charge is 2.28. The molecular formula is C21H23N5O2. The smallest absolute Gasteiger partial charge is 0.254 e. The van der Waals surface area contributed by atoms with Crippen molar-refractivity contribution in [3.05, 3.63) is 70.2 Å². The van der Waals surface area contributed by atoms with E-state index in [2.05, 4.69) is 32.3 Å². The zero-order valence-electron chi connectivity index (χ0n) is 15.8. The quantitative estimate of drug-likeness (QED) is 0.730. The number of amides is 1. The molecule has 0 unspecified atom stereocenters. The Morgan fingerprint density at radius 2 is 2.07 bits per heavy atom. The Labute approximate surface area is 162 Å². The molecule has 3 heterocycles. The van der Waals surface area contributed by atoms with Crippen LogP contribution in [0.25, 0.3) is 11.1 Å². The van der Waals surface area contributed by atoms with E-state index in [0.717, 1.165) is 29.7 Å². The summed E-state index contributed by atoms with van der Waals surface area (Å²) in [4.78, 5) is 33.4. The average molecular weight is 377 g/mol. The van der Waals surface area contributed by atoms with Gasteiger partial charge in [-0.2, -0.15) is 5.10 Å². The maximum absolute atomic E-state index is 12.8. The van der Waals surface area contributed by atoms with Crippen molar-refractivity contribution < 1.29 is 4.79 Å². The molecule has 0 radical (unpaired) electrons. The maximum atomic E-state index is 12.8. The number of carbonyl (C=O) groups is 1. The van der Waals surface area contributed by atoms with E-state index >= 15 is 0 Å². The number of hydrogen-bond acceptors (Lipinski definition) is 4. The lowest BCUT2D eigenvalue weighted by Crippen LogP contribution is -2.40. The largest absolute Gasteiger partial charge is 0.342 e. The molecule has 3 aromatic rings. The lowest BCUT2D eigenvalue weighted by Gasteiger charge is -2.32. The van der Waals surface area contributed by atoms with Gasteiger partial charge in [0.25, 0.3) is 5.56 Å². The van der Waals surface area contributed by atoms with Crippen LogP contribution in [0, 0.1) is 6.92 Å². The van der Waals surface area contributed by atoms with Gasteiger partial charge in [-0.3, -0.25) is 14.7 Å². The molecule has 1 atom stereocenters. The molecule has 2 aromatic heterocycles. The van der Waals surface area contributed by atoms with Crippen molar-refractivity contribution in [3.8, 4) is 11.1 Å². The topological polar surface area (TPSA) is 94.7 Å². The zero-order chi connectivity index (χ0) is 19.5. The molecule has 0 aliphatic carbocycles. The Bertz CT molecular complexity index is 1020. The zero-order valence-corrected chi connectivity index (χ0v) is 15.8. The van der Waals surface area contributed by atoms with Gasteiger partial charge in [-0.05, 0) is 25.3 Å². The monoisotopic (exact) mass is 377 g/mol. The lowest BCUT2D eigenvalue weighted by atomic mass is 9.90. The molecule has 28 heavy (non-hydrogen) atoms. The van der Waals surface area contributed by atoms with Gasteiger partial charge in [-0.1, -0.05) is 30.3 Å². The predicted octanol–water partition coefficient (Wildman–Crippen LogP) is 2.42. The van der Waals surface area contributed by atoms with Crippen LogP contribution in [-0.2, 0) is 11.2 Å². The van der Waals surface area contributed by atoms with Gasteiger partial charge in [-0.15, -0.1) is 0 Å². The molecule has 1 fully saturated rings. The van der Waals surface area contributed by atoms with Crippen LogP contribution in [0.2, 0.25) is 0 Å². The van der Waals surface area contributed by atoms with Crippen molar-refractivity contribution in [1.29, 1.82) is 0 Å². The van der Waals surface area contributed by atoms with Crippen LogP contribution in [0.1, 0.15) is 35.8 Å². The molecule has 0 saturated carbocycles. The Hall–Kier alpha value is -3.22. The number of likely N-dealkylation sites (tertiary alicyclic amines) is 1. The van der Waals surface area contributed by atoms with Crippen LogP contribution in [0.5, 0.6) is 0 Å². The number of nitrogens with one attached hydrogen (secondary N) is 2. The predicted molar refractivity (Wildman–Crippen MR) is 106 cm³/mol. The molecular weight excluding hydrogens is 354 g/mol. The lowest BCUT2D eigenvalue weighted by molar-refractivity contribution is -0.131. The van der Waals surface area contributed by atoms with E-state index in [4.69, 9.17) is 0 Å². The van der Waals surface area contributed by atoms with E-state index in [-0.39, 0.29) is 23.8 Å². The third-order valence-electron chi connectivity index (χ3n) is 5.28. The minimum absolute atomic E-state index is 0.0402. The molecule has 144 valence electrons. The molecule has 1 amide bonds. The fourth-order valence-electron chi connectivity index (χ4n) is 3.81. The number of carbonyl (C=O) groups excluding carboxylic acids is 1. The van der Waals surface area contributed by atoms with Crippen LogP contribution in [-0.4, -0.2) is 44.1 Å². The van der Waals surface area contributed by atoms with Crippen molar-refractivity contribution in [3.63, 3.8) is 0 Å². The minimum Gasteiger partial charge on any atom is -0.342 e. The Morgan fingerprint density at radius 3 is 2.86 bits per heavy atom. The second-order valence-corrected chi connectivity index (χ2v) is 7.24. The first kappa shape index (κ1) is 18.2. The van der Waals surface area contributed by atoms with E-state index < -0.39 is 0 Å². The number of H-pyrrole nitrogens is 2. The number of nitrogens with zero attached hydrogens (tertiary/aromatic N) is 3. The molecule has 4 rings (SSSR count). The number of piperidine rings is 1. The number of aromatic nitrogens is 4. The number of aryl methyl sites for hydroxylation is 1. The van der Waals surface area contributed by atoms with E-state index in [1.54, 1.807) is 6.92 Å². The standard InChI is InChI=1S/C21H23N5O2/c1-14-22-11-17(21(28)24-14)10-19(27)26-9-5-8-16(13-26)20-18(12-23-25-20)15-6-3-2-4-7-15/h2-4,6-7,11-12,16H,5,8-10,13H2,1H3,(H,23,25)(H,22,24,28)/t16-/m1/s1. The first-order valence-electron chi connectivity index (χ1n) is 9.53. The number of hydrogen-bond donors (Lipinski definition) is 2. The van der Waals surface area contributed by atoms with Crippen LogP contribution in [0.4, 0.5) is 0 Å². The van der Waals surface area contributed by atoms with Crippen molar-refractivity contribution in [2.45, 2.75) is 32.1 Å². The summed E-state index contributed by atoms with van der Waals surface area (Å²) in [5.74, 6) is 0.707. The molecule has 0 spiro atoms. The first-order chi connectivity index (χ1) is 13.6. The van der Waals surface area contributed by atoms with E-state index in [9.17, 15) is 9.59 Å². The van der Waals surface area contributed by atoms with Gasteiger partial charge in [0.1, 0.15) is 5.82 Å². The normalized spacial score (nSPS) is 16.9. The van der Waals surface area contributed by atoms with Crippen molar-refractivity contribution in [2.75, 3.05) is 13.1 Å². The van der Waals surface area contributed by atoms with Gasteiger partial charge < -0.3 is 9.88 Å². The highest BCUT2D eigenvalue weighted by Crippen LogP contribution is 2.33. The fraction of sp³-hybridized carbons (Fsp3) is 0.333. The molecule has 0 bridgehead atoms. The van der Waals surface area contributed by atoms with Gasteiger partial charge in [0.15, 0.2) is 0 Å². The molecule has 1 aromatic carbocycles. The second kappa shape index (κ2) is 7.80. The van der Waals surface area contributed by atoms with E-state index in [1.165, 1.54) is 6.20 Å². The van der Waals surface area contributed by atoms with E-state index in [0.29, 0.717) is 24.5 Å². The molecule has 1 saturated heterocycles. The van der Waals surface area contributed by atoms with Crippen molar-refractivity contribution in [1.82, 2.24) is 25.1 Å². The molecule has 1 aliphatic rings. The average Bonchev–Trinajstić information content (AvgIpc) is 3.21. The summed E-state index contributed by atoms with van der Waals surface area (Å²) < 4.78 is 0. The number of rotatable bonds is 4. The summed E-state index contributed by atoms with van der Waals surface area (Å²) in [5, 5.41) is 7.39. The Kier molecular flexibility index (Phi) is 5.06. The van der Waals surface area contributed by atoms with Crippen molar-refractivity contribution in [2.24, 2.45) is 0 Å². The van der Waals surface area contributed by atoms with Gasteiger partial charge >= 0.3 is 0 Å². The molecule has 2 N–H and O–H groups in total. The summed E-state index contributed by atoms with van der Waals surface area (Å²) in [6.45, 7) is 3.05. The van der Waals surface area contributed by atoms with Crippen LogP contribution >= 0.6 is 0 Å². The summed E-state index contributed by atoms with van der Waals surface area (Å²) in [6, 6.07) is 10.1. The molecule has 1 aliphatic heterocycles. The third kappa shape index (κ3) is 3.74. The fourth-order valence-corrected chi connectivity index (χ4v) is 3.81. The van der Waals surface area contributed by atoms with Crippen LogP contribution in [0.15, 0.2) is 47.5 Å². The Balaban J connectivity index is 1.50. The Morgan fingerprint density at radius 1 is 1.25 bits per heavy atom. The number of benzene rings is 1. The molecule has 7 nitrogen and oxygen atoms in total. The van der Waals surface area contributed by atoms with Gasteiger partial charge in [0.2, 0.25) is 5.91 Å². The summed E-state index contributed by atoms with van der Waals surface area (Å²) in [7, 11) is 0. The highest BCUT2D eigenvalue weighted by molar-refractivity contribution is 5.79. The minimum atomic E-state index is -0.241. The summed E-state index contributed by atoms with van der Waals surface area (Å²) >= 11 is 0.